The molecule has 22 heavy (non-hydrogen) atoms. The Balaban J connectivity index is 1.96. The Morgan fingerprint density at radius 2 is 1.64 bits per heavy atom. The summed E-state index contributed by atoms with van der Waals surface area (Å²) in [5.41, 5.74) is 1.68. The Morgan fingerprint density at radius 1 is 1.00 bits per heavy atom. The lowest BCUT2D eigenvalue weighted by molar-refractivity contribution is -0.117. The van der Waals surface area contributed by atoms with Crippen LogP contribution in [-0.4, -0.2) is 11.9 Å². The van der Waals surface area contributed by atoms with Gasteiger partial charge in [0.25, 0.3) is 0 Å². The number of rotatable bonds is 5. The van der Waals surface area contributed by atoms with Crippen LogP contribution in [0.4, 0.5) is 5.69 Å². The molecule has 2 unspecified atom stereocenters. The summed E-state index contributed by atoms with van der Waals surface area (Å²) in [5.74, 6) is -0.110. The van der Waals surface area contributed by atoms with Gasteiger partial charge in [-0.3, -0.25) is 10.1 Å². The predicted molar refractivity (Wildman–Crippen MR) is 92.5 cm³/mol. The topological polar surface area (TPSA) is 41.1 Å². The SMILES string of the molecule is CC(NC(C)c1ccccc1Cl)C(=O)Nc1ccc(Cl)cc1. The number of carbonyl (C=O) groups excluding carboxylic acids is 1. The molecule has 116 valence electrons. The minimum absolute atomic E-state index is 0.0281. The molecule has 0 saturated carbocycles. The van der Waals surface area contributed by atoms with Crippen molar-refractivity contribution >= 4 is 34.8 Å². The van der Waals surface area contributed by atoms with E-state index in [1.54, 1.807) is 24.3 Å². The van der Waals surface area contributed by atoms with Gasteiger partial charge in [0.05, 0.1) is 6.04 Å². The highest BCUT2D eigenvalue weighted by Crippen LogP contribution is 2.22. The van der Waals surface area contributed by atoms with Gasteiger partial charge in [0.2, 0.25) is 5.91 Å². The summed E-state index contributed by atoms with van der Waals surface area (Å²) in [6, 6.07) is 14.2. The number of hydrogen-bond donors (Lipinski definition) is 2. The van der Waals surface area contributed by atoms with Crippen molar-refractivity contribution in [1.29, 1.82) is 0 Å². The van der Waals surface area contributed by atoms with Crippen molar-refractivity contribution in [3.05, 3.63) is 64.1 Å². The second kappa shape index (κ2) is 7.63. The van der Waals surface area contributed by atoms with Gasteiger partial charge in [-0.1, -0.05) is 41.4 Å². The average molecular weight is 337 g/mol. The fraction of sp³-hybridized carbons (Fsp3) is 0.235. The summed E-state index contributed by atoms with van der Waals surface area (Å²) >= 11 is 12.0. The van der Waals surface area contributed by atoms with E-state index in [4.69, 9.17) is 23.2 Å². The van der Waals surface area contributed by atoms with Gasteiger partial charge in [0, 0.05) is 21.8 Å². The Kier molecular flexibility index (Phi) is 5.83. The largest absolute Gasteiger partial charge is 0.325 e. The summed E-state index contributed by atoms with van der Waals surface area (Å²) in [4.78, 5) is 12.2. The van der Waals surface area contributed by atoms with Crippen molar-refractivity contribution in [3.63, 3.8) is 0 Å². The maximum absolute atomic E-state index is 12.2. The van der Waals surface area contributed by atoms with Crippen LogP contribution in [0.3, 0.4) is 0 Å². The van der Waals surface area contributed by atoms with Gasteiger partial charge in [0.1, 0.15) is 0 Å². The van der Waals surface area contributed by atoms with Crippen molar-refractivity contribution in [1.82, 2.24) is 5.32 Å². The molecule has 0 fully saturated rings. The van der Waals surface area contributed by atoms with Gasteiger partial charge in [0.15, 0.2) is 0 Å². The second-order valence-electron chi connectivity index (χ2n) is 5.13. The number of halogens is 2. The Hall–Kier alpha value is -1.55. The Bertz CT molecular complexity index is 643. The van der Waals surface area contributed by atoms with Crippen molar-refractivity contribution in [2.24, 2.45) is 0 Å². The molecule has 0 aliphatic rings. The second-order valence-corrected chi connectivity index (χ2v) is 5.97. The quantitative estimate of drug-likeness (QED) is 0.832. The molecule has 3 nitrogen and oxygen atoms in total. The molecule has 2 aromatic rings. The highest BCUT2D eigenvalue weighted by Gasteiger charge is 2.17. The van der Waals surface area contributed by atoms with Crippen molar-refractivity contribution in [3.8, 4) is 0 Å². The van der Waals surface area contributed by atoms with E-state index < -0.39 is 0 Å². The molecule has 2 rings (SSSR count). The van der Waals surface area contributed by atoms with Crippen LogP contribution in [0, 0.1) is 0 Å². The van der Waals surface area contributed by atoms with Crippen LogP contribution in [0.5, 0.6) is 0 Å². The molecule has 0 aliphatic carbocycles. The number of carbonyl (C=O) groups is 1. The first-order chi connectivity index (χ1) is 10.5. The molecule has 0 radical (unpaired) electrons. The van der Waals surface area contributed by atoms with Crippen LogP contribution < -0.4 is 10.6 Å². The third kappa shape index (κ3) is 4.47. The van der Waals surface area contributed by atoms with Gasteiger partial charge in [-0.05, 0) is 49.7 Å². The van der Waals surface area contributed by atoms with Crippen LogP contribution >= 0.6 is 23.2 Å². The molecular formula is C17H18Cl2N2O. The third-order valence-electron chi connectivity index (χ3n) is 3.38. The maximum atomic E-state index is 12.2. The van der Waals surface area contributed by atoms with E-state index in [1.807, 2.05) is 38.1 Å². The van der Waals surface area contributed by atoms with E-state index in [1.165, 1.54) is 0 Å². The number of hydrogen-bond acceptors (Lipinski definition) is 2. The molecule has 5 heteroatoms. The van der Waals surface area contributed by atoms with Gasteiger partial charge < -0.3 is 5.32 Å². The van der Waals surface area contributed by atoms with E-state index in [0.29, 0.717) is 15.7 Å². The van der Waals surface area contributed by atoms with Gasteiger partial charge in [-0.15, -0.1) is 0 Å². The van der Waals surface area contributed by atoms with Crippen molar-refractivity contribution in [2.75, 3.05) is 5.32 Å². The molecule has 0 aromatic heterocycles. The Morgan fingerprint density at radius 3 is 2.27 bits per heavy atom. The summed E-state index contributed by atoms with van der Waals surface area (Å²) in [7, 11) is 0. The van der Waals surface area contributed by atoms with Crippen LogP contribution in [0.2, 0.25) is 10.0 Å². The number of amides is 1. The highest BCUT2D eigenvalue weighted by molar-refractivity contribution is 6.31. The third-order valence-corrected chi connectivity index (χ3v) is 3.97. The zero-order chi connectivity index (χ0) is 16.1. The molecule has 2 N–H and O–H groups in total. The number of benzene rings is 2. The monoisotopic (exact) mass is 336 g/mol. The molecule has 0 spiro atoms. The lowest BCUT2D eigenvalue weighted by Gasteiger charge is -2.20. The molecule has 1 amide bonds. The van der Waals surface area contributed by atoms with E-state index in [9.17, 15) is 4.79 Å². The fourth-order valence-electron chi connectivity index (χ4n) is 2.15. The average Bonchev–Trinajstić information content (AvgIpc) is 2.49. The standard InChI is InChI=1S/C17H18Cl2N2O/c1-11(15-5-3-4-6-16(15)19)20-12(2)17(22)21-14-9-7-13(18)8-10-14/h3-12,20H,1-2H3,(H,21,22). The van der Waals surface area contributed by atoms with E-state index >= 15 is 0 Å². The predicted octanol–water partition coefficient (Wildman–Crippen LogP) is 4.67. The summed E-state index contributed by atoms with van der Waals surface area (Å²) < 4.78 is 0. The molecule has 2 atom stereocenters. The normalized spacial score (nSPS) is 13.5. The van der Waals surface area contributed by atoms with E-state index in [-0.39, 0.29) is 18.0 Å². The zero-order valence-electron chi connectivity index (χ0n) is 12.4. The summed E-state index contributed by atoms with van der Waals surface area (Å²) in [5, 5.41) is 7.42. The molecular weight excluding hydrogens is 319 g/mol. The molecule has 0 saturated heterocycles. The van der Waals surface area contributed by atoms with Crippen LogP contribution in [-0.2, 0) is 4.79 Å². The summed E-state index contributed by atoms with van der Waals surface area (Å²) in [6.45, 7) is 3.80. The lowest BCUT2D eigenvalue weighted by Crippen LogP contribution is -2.39. The zero-order valence-corrected chi connectivity index (χ0v) is 13.9. The minimum atomic E-state index is -0.359. The first-order valence-electron chi connectivity index (χ1n) is 7.04. The van der Waals surface area contributed by atoms with Crippen molar-refractivity contribution < 1.29 is 4.79 Å². The van der Waals surface area contributed by atoms with Gasteiger partial charge in [-0.2, -0.15) is 0 Å². The van der Waals surface area contributed by atoms with E-state index in [2.05, 4.69) is 10.6 Å². The van der Waals surface area contributed by atoms with E-state index in [0.717, 1.165) is 5.56 Å². The minimum Gasteiger partial charge on any atom is -0.325 e. The van der Waals surface area contributed by atoms with Crippen molar-refractivity contribution in [2.45, 2.75) is 25.9 Å². The number of anilines is 1. The first-order valence-corrected chi connectivity index (χ1v) is 7.80. The lowest BCUT2D eigenvalue weighted by atomic mass is 10.1. The smallest absolute Gasteiger partial charge is 0.241 e. The Labute approximate surface area is 140 Å². The molecule has 2 aromatic carbocycles. The van der Waals surface area contributed by atoms with Gasteiger partial charge in [-0.25, -0.2) is 0 Å². The summed E-state index contributed by atoms with van der Waals surface area (Å²) in [6.07, 6.45) is 0. The molecule has 0 aliphatic heterocycles. The first kappa shape index (κ1) is 16.8. The molecule has 0 bridgehead atoms. The highest BCUT2D eigenvalue weighted by atomic mass is 35.5. The fourth-order valence-corrected chi connectivity index (χ4v) is 2.58. The molecule has 0 heterocycles. The van der Waals surface area contributed by atoms with Crippen LogP contribution in [0.25, 0.3) is 0 Å². The number of nitrogens with one attached hydrogen (secondary N) is 2. The maximum Gasteiger partial charge on any atom is 0.241 e. The van der Waals surface area contributed by atoms with Crippen LogP contribution in [0.1, 0.15) is 25.5 Å². The van der Waals surface area contributed by atoms with Crippen LogP contribution in [0.15, 0.2) is 48.5 Å². The van der Waals surface area contributed by atoms with Gasteiger partial charge >= 0.3 is 0 Å².